The Hall–Kier alpha value is -2.31. The molecule has 18 heavy (non-hydrogen) atoms. The minimum Gasteiger partial charge on any atom is -0.480 e. The number of pyridine rings is 1. The highest BCUT2D eigenvalue weighted by molar-refractivity contribution is 5.96. The lowest BCUT2D eigenvalue weighted by Gasteiger charge is -2.18. The Morgan fingerprint density at radius 3 is 2.72 bits per heavy atom. The van der Waals surface area contributed by atoms with E-state index in [1.54, 1.807) is 0 Å². The SMILES string of the molecule is C=CCN(CC(=O)O)C(=O)c1ccnc(F)c1F. The number of halogens is 2. The number of carboxylic acid groups (broad SMARTS) is 1. The smallest absolute Gasteiger partial charge is 0.323 e. The van der Waals surface area contributed by atoms with Gasteiger partial charge >= 0.3 is 5.97 Å². The second-order valence-electron chi connectivity index (χ2n) is 3.33. The molecule has 0 saturated heterocycles. The van der Waals surface area contributed by atoms with Crippen molar-refractivity contribution in [2.75, 3.05) is 13.1 Å². The fraction of sp³-hybridized carbons (Fsp3) is 0.182. The van der Waals surface area contributed by atoms with Gasteiger partial charge in [0.05, 0.1) is 5.56 Å². The topological polar surface area (TPSA) is 70.5 Å². The molecule has 0 spiro atoms. The van der Waals surface area contributed by atoms with Crippen LogP contribution in [0.4, 0.5) is 8.78 Å². The molecular formula is C11H10F2N2O3. The van der Waals surface area contributed by atoms with E-state index >= 15 is 0 Å². The molecule has 7 heteroatoms. The summed E-state index contributed by atoms with van der Waals surface area (Å²) in [6, 6.07) is 0.985. The summed E-state index contributed by atoms with van der Waals surface area (Å²) in [6.07, 6.45) is 2.22. The molecule has 96 valence electrons. The van der Waals surface area contributed by atoms with Crippen LogP contribution in [0, 0.1) is 11.8 Å². The maximum absolute atomic E-state index is 13.3. The first-order chi connectivity index (χ1) is 8.47. The monoisotopic (exact) mass is 256 g/mol. The van der Waals surface area contributed by atoms with Gasteiger partial charge in [0.1, 0.15) is 6.54 Å². The quantitative estimate of drug-likeness (QED) is 0.632. The van der Waals surface area contributed by atoms with Gasteiger partial charge in [-0.1, -0.05) is 6.08 Å². The lowest BCUT2D eigenvalue weighted by Crippen LogP contribution is -2.36. The molecule has 0 unspecified atom stereocenters. The second-order valence-corrected chi connectivity index (χ2v) is 3.33. The van der Waals surface area contributed by atoms with Crippen molar-refractivity contribution >= 4 is 11.9 Å². The van der Waals surface area contributed by atoms with Gasteiger partial charge in [0.15, 0.2) is 5.82 Å². The molecule has 0 atom stereocenters. The van der Waals surface area contributed by atoms with Gasteiger partial charge in [-0.2, -0.15) is 4.39 Å². The zero-order valence-electron chi connectivity index (χ0n) is 9.27. The van der Waals surface area contributed by atoms with Crippen molar-refractivity contribution in [1.29, 1.82) is 0 Å². The summed E-state index contributed by atoms with van der Waals surface area (Å²) in [6.45, 7) is 2.64. The standard InChI is InChI=1S/C11H10F2N2O3/c1-2-5-15(6-8(16)17)11(18)7-3-4-14-10(13)9(7)12/h2-4H,1,5-6H2,(H,16,17). The summed E-state index contributed by atoms with van der Waals surface area (Å²) in [7, 11) is 0. The Morgan fingerprint density at radius 2 is 2.17 bits per heavy atom. The van der Waals surface area contributed by atoms with Crippen LogP contribution >= 0.6 is 0 Å². The molecule has 0 radical (unpaired) electrons. The molecule has 0 fully saturated rings. The van der Waals surface area contributed by atoms with Crippen LogP contribution in [-0.2, 0) is 4.79 Å². The van der Waals surface area contributed by atoms with Crippen LogP contribution in [0.5, 0.6) is 0 Å². The minimum absolute atomic E-state index is 0.0888. The number of hydrogen-bond acceptors (Lipinski definition) is 3. The van der Waals surface area contributed by atoms with Gasteiger partial charge < -0.3 is 10.0 Å². The summed E-state index contributed by atoms with van der Waals surface area (Å²) in [5, 5.41) is 8.62. The van der Waals surface area contributed by atoms with E-state index in [-0.39, 0.29) is 6.54 Å². The number of carboxylic acids is 1. The van der Waals surface area contributed by atoms with Crippen molar-refractivity contribution in [1.82, 2.24) is 9.88 Å². The fourth-order valence-electron chi connectivity index (χ4n) is 1.29. The number of amides is 1. The molecule has 0 bridgehead atoms. The Labute approximate surface area is 101 Å². The molecule has 1 aromatic rings. The first-order valence-corrected chi connectivity index (χ1v) is 4.89. The molecule has 0 aliphatic heterocycles. The zero-order valence-corrected chi connectivity index (χ0v) is 9.27. The van der Waals surface area contributed by atoms with E-state index in [0.717, 1.165) is 17.2 Å². The highest BCUT2D eigenvalue weighted by atomic mass is 19.2. The molecule has 0 aliphatic carbocycles. The molecule has 1 heterocycles. The van der Waals surface area contributed by atoms with E-state index < -0.39 is 35.7 Å². The number of aliphatic carboxylic acids is 1. The Morgan fingerprint density at radius 1 is 1.50 bits per heavy atom. The lowest BCUT2D eigenvalue weighted by molar-refractivity contribution is -0.137. The third-order valence-electron chi connectivity index (χ3n) is 2.04. The summed E-state index contributed by atoms with van der Waals surface area (Å²) in [4.78, 5) is 26.3. The molecule has 1 rings (SSSR count). The van der Waals surface area contributed by atoms with Gasteiger partial charge in [-0.25, -0.2) is 9.37 Å². The van der Waals surface area contributed by atoms with Crippen LogP contribution in [0.1, 0.15) is 10.4 Å². The van der Waals surface area contributed by atoms with Crippen molar-refractivity contribution in [2.45, 2.75) is 0 Å². The number of aromatic nitrogens is 1. The van der Waals surface area contributed by atoms with Crippen LogP contribution in [0.15, 0.2) is 24.9 Å². The lowest BCUT2D eigenvalue weighted by atomic mass is 10.2. The third-order valence-corrected chi connectivity index (χ3v) is 2.04. The van der Waals surface area contributed by atoms with E-state index in [1.165, 1.54) is 6.08 Å². The number of carbonyl (C=O) groups is 2. The normalized spacial score (nSPS) is 9.89. The van der Waals surface area contributed by atoms with Crippen molar-refractivity contribution in [3.05, 3.63) is 42.2 Å². The van der Waals surface area contributed by atoms with Crippen molar-refractivity contribution in [3.8, 4) is 0 Å². The second kappa shape index (κ2) is 5.85. The number of carbonyl (C=O) groups excluding carboxylic acids is 1. The van der Waals surface area contributed by atoms with E-state index in [0.29, 0.717) is 0 Å². The number of rotatable bonds is 5. The summed E-state index contributed by atoms with van der Waals surface area (Å²) < 4.78 is 26.2. The van der Waals surface area contributed by atoms with Crippen LogP contribution in [0.2, 0.25) is 0 Å². The molecule has 5 nitrogen and oxygen atoms in total. The zero-order chi connectivity index (χ0) is 13.7. The van der Waals surface area contributed by atoms with Crippen LogP contribution in [0.3, 0.4) is 0 Å². The van der Waals surface area contributed by atoms with Crippen molar-refractivity contribution < 1.29 is 23.5 Å². The van der Waals surface area contributed by atoms with Crippen LogP contribution in [-0.4, -0.2) is 40.0 Å². The molecule has 0 aromatic carbocycles. The highest BCUT2D eigenvalue weighted by Crippen LogP contribution is 2.12. The molecule has 0 aliphatic rings. The molecule has 1 amide bonds. The molecular weight excluding hydrogens is 246 g/mol. The Kier molecular flexibility index (Phi) is 4.47. The summed E-state index contributed by atoms with van der Waals surface area (Å²) >= 11 is 0. The predicted molar refractivity (Wildman–Crippen MR) is 57.9 cm³/mol. The number of hydrogen-bond donors (Lipinski definition) is 1. The minimum atomic E-state index is -1.41. The van der Waals surface area contributed by atoms with Crippen molar-refractivity contribution in [2.24, 2.45) is 0 Å². The van der Waals surface area contributed by atoms with E-state index in [4.69, 9.17) is 5.11 Å². The third kappa shape index (κ3) is 3.09. The number of nitrogens with zero attached hydrogens (tertiary/aromatic N) is 2. The first-order valence-electron chi connectivity index (χ1n) is 4.89. The first kappa shape index (κ1) is 13.8. The molecule has 0 saturated carbocycles. The maximum Gasteiger partial charge on any atom is 0.323 e. The maximum atomic E-state index is 13.3. The van der Waals surface area contributed by atoms with E-state index in [2.05, 4.69) is 11.6 Å². The summed E-state index contributed by atoms with van der Waals surface area (Å²) in [5.74, 6) is -5.01. The van der Waals surface area contributed by atoms with Gasteiger partial charge in [-0.15, -0.1) is 6.58 Å². The largest absolute Gasteiger partial charge is 0.480 e. The summed E-state index contributed by atoms with van der Waals surface area (Å²) in [5.41, 5.74) is -0.564. The van der Waals surface area contributed by atoms with Crippen molar-refractivity contribution in [3.63, 3.8) is 0 Å². The Bertz CT molecular complexity index is 491. The van der Waals surface area contributed by atoms with Gasteiger partial charge in [-0.05, 0) is 6.07 Å². The van der Waals surface area contributed by atoms with E-state index in [9.17, 15) is 18.4 Å². The fourth-order valence-corrected chi connectivity index (χ4v) is 1.29. The molecule has 1 N–H and O–H groups in total. The average Bonchev–Trinajstić information content (AvgIpc) is 2.31. The Balaban J connectivity index is 3.05. The highest BCUT2D eigenvalue weighted by Gasteiger charge is 2.22. The van der Waals surface area contributed by atoms with Crippen LogP contribution in [0.25, 0.3) is 0 Å². The average molecular weight is 256 g/mol. The van der Waals surface area contributed by atoms with Gasteiger partial charge in [-0.3, -0.25) is 9.59 Å². The van der Waals surface area contributed by atoms with E-state index in [1.807, 2.05) is 0 Å². The van der Waals surface area contributed by atoms with Gasteiger partial charge in [0, 0.05) is 12.7 Å². The van der Waals surface area contributed by atoms with Gasteiger partial charge in [0.25, 0.3) is 5.91 Å². The van der Waals surface area contributed by atoms with Crippen LogP contribution < -0.4 is 0 Å². The van der Waals surface area contributed by atoms with Gasteiger partial charge in [0.2, 0.25) is 5.95 Å². The predicted octanol–water partition coefficient (Wildman–Crippen LogP) is 1.07. The molecule has 1 aromatic heterocycles.